The Morgan fingerprint density at radius 1 is 1.00 bits per heavy atom. The smallest absolute Gasteiger partial charge is 0.192 e. The van der Waals surface area contributed by atoms with Crippen LogP contribution in [0.25, 0.3) is 0 Å². The standard InChI is InChI=1S/C27H38FNO2Si/c1-26(2,3)32(4,5)31-19-27-16-22(27)24(23(28)25(27)30)29(17-20-12-8-6-9-13-20)18-21-14-10-7-11-15-21/h6-15,22-25,30H,16-19H2,1-5H3/t22-,23+,24-,25-,27+/m1/s1. The average molecular weight is 456 g/mol. The van der Waals surface area contributed by atoms with Crippen LogP contribution in [0.4, 0.5) is 4.39 Å². The number of nitrogens with zero attached hydrogens (tertiary/aromatic N) is 1. The molecule has 0 radical (unpaired) electrons. The Kier molecular flexibility index (Phi) is 6.40. The van der Waals surface area contributed by atoms with Crippen LogP contribution in [0.5, 0.6) is 0 Å². The number of aliphatic hydroxyl groups is 1. The Labute approximate surface area is 193 Å². The van der Waals surface area contributed by atoms with Crippen LogP contribution in [0.2, 0.25) is 18.1 Å². The molecule has 32 heavy (non-hydrogen) atoms. The molecule has 0 unspecified atom stereocenters. The van der Waals surface area contributed by atoms with Crippen molar-refractivity contribution in [3.05, 3.63) is 71.8 Å². The zero-order valence-corrected chi connectivity index (χ0v) is 21.1. The maximum Gasteiger partial charge on any atom is 0.192 e. The minimum absolute atomic E-state index is 0.0960. The highest BCUT2D eigenvalue weighted by atomic mass is 28.4. The Hall–Kier alpha value is -1.53. The highest BCUT2D eigenvalue weighted by Gasteiger charge is 2.72. The predicted molar refractivity (Wildman–Crippen MR) is 131 cm³/mol. The summed E-state index contributed by atoms with van der Waals surface area (Å²) in [5.41, 5.74) is 1.90. The molecule has 2 aromatic carbocycles. The molecule has 0 aliphatic heterocycles. The summed E-state index contributed by atoms with van der Waals surface area (Å²) in [6.07, 6.45) is -1.38. The first-order valence-electron chi connectivity index (χ1n) is 11.8. The lowest BCUT2D eigenvalue weighted by Crippen LogP contribution is -2.45. The molecule has 174 valence electrons. The van der Waals surface area contributed by atoms with Crippen LogP contribution in [-0.2, 0) is 17.5 Å². The summed E-state index contributed by atoms with van der Waals surface area (Å²) in [5, 5.41) is 11.1. The topological polar surface area (TPSA) is 32.7 Å². The van der Waals surface area contributed by atoms with Crippen LogP contribution >= 0.6 is 0 Å². The van der Waals surface area contributed by atoms with Crippen LogP contribution in [0.3, 0.4) is 0 Å². The van der Waals surface area contributed by atoms with E-state index in [0.29, 0.717) is 19.7 Å². The van der Waals surface area contributed by atoms with Crippen molar-refractivity contribution in [2.24, 2.45) is 11.3 Å². The van der Waals surface area contributed by atoms with E-state index in [9.17, 15) is 5.11 Å². The summed E-state index contributed by atoms with van der Waals surface area (Å²) in [4.78, 5) is 2.24. The Morgan fingerprint density at radius 3 is 1.97 bits per heavy atom. The van der Waals surface area contributed by atoms with Crippen LogP contribution in [0, 0.1) is 11.3 Å². The van der Waals surface area contributed by atoms with Crippen molar-refractivity contribution >= 4 is 8.32 Å². The monoisotopic (exact) mass is 455 g/mol. The highest BCUT2D eigenvalue weighted by molar-refractivity contribution is 6.74. The van der Waals surface area contributed by atoms with E-state index in [-0.39, 0.29) is 17.0 Å². The molecule has 3 nitrogen and oxygen atoms in total. The van der Waals surface area contributed by atoms with Gasteiger partial charge in [0, 0.05) is 31.2 Å². The van der Waals surface area contributed by atoms with Gasteiger partial charge in [-0.2, -0.15) is 0 Å². The first-order chi connectivity index (χ1) is 15.1. The number of benzene rings is 2. The van der Waals surface area contributed by atoms with Gasteiger partial charge in [-0.1, -0.05) is 81.4 Å². The molecule has 2 aliphatic rings. The molecule has 0 heterocycles. The normalized spacial score (nSPS) is 29.9. The summed E-state index contributed by atoms with van der Waals surface area (Å²) in [5.74, 6) is 0.129. The number of hydrogen-bond acceptors (Lipinski definition) is 3. The number of aliphatic hydroxyl groups excluding tert-OH is 1. The fourth-order valence-electron chi connectivity index (χ4n) is 5.02. The summed E-state index contributed by atoms with van der Waals surface area (Å²) in [6, 6.07) is 20.2. The zero-order chi connectivity index (χ0) is 23.1. The van der Waals surface area contributed by atoms with Crippen LogP contribution in [-0.4, -0.2) is 43.2 Å². The number of hydrogen-bond donors (Lipinski definition) is 1. The predicted octanol–water partition coefficient (Wildman–Crippen LogP) is 5.80. The molecular formula is C27H38FNO2Si. The van der Waals surface area contributed by atoms with Crippen molar-refractivity contribution in [1.82, 2.24) is 4.90 Å². The quantitative estimate of drug-likeness (QED) is 0.511. The van der Waals surface area contributed by atoms with E-state index in [0.717, 1.165) is 6.42 Å². The number of fused-ring (bicyclic) bond motifs is 1. The largest absolute Gasteiger partial charge is 0.416 e. The molecule has 2 aromatic rings. The molecule has 5 heteroatoms. The third kappa shape index (κ3) is 4.45. The van der Waals surface area contributed by atoms with Gasteiger partial charge in [-0.05, 0) is 41.6 Å². The van der Waals surface area contributed by atoms with E-state index in [2.05, 4.69) is 63.0 Å². The number of rotatable bonds is 8. The van der Waals surface area contributed by atoms with Gasteiger partial charge < -0.3 is 9.53 Å². The molecule has 5 atom stereocenters. The lowest BCUT2D eigenvalue weighted by molar-refractivity contribution is -0.00320. The maximum atomic E-state index is 15.7. The summed E-state index contributed by atoms with van der Waals surface area (Å²) in [7, 11) is -1.96. The third-order valence-corrected chi connectivity index (χ3v) is 12.7. The second-order valence-electron chi connectivity index (χ2n) is 11.3. The number of halogens is 1. The van der Waals surface area contributed by atoms with E-state index < -0.39 is 26.0 Å². The third-order valence-electron chi connectivity index (χ3n) is 8.19. The molecule has 4 rings (SSSR count). The van der Waals surface area contributed by atoms with Crippen molar-refractivity contribution in [2.75, 3.05) is 6.61 Å². The van der Waals surface area contributed by atoms with Gasteiger partial charge >= 0.3 is 0 Å². The van der Waals surface area contributed by atoms with Crippen molar-refractivity contribution in [3.8, 4) is 0 Å². The lowest BCUT2D eigenvalue weighted by atomic mass is 10.0. The fourth-order valence-corrected chi connectivity index (χ4v) is 6.08. The molecule has 1 N–H and O–H groups in total. The zero-order valence-electron chi connectivity index (χ0n) is 20.1. The van der Waals surface area contributed by atoms with Crippen LogP contribution < -0.4 is 0 Å². The molecular weight excluding hydrogens is 417 g/mol. The van der Waals surface area contributed by atoms with Gasteiger partial charge in [0.05, 0.1) is 6.10 Å². The van der Waals surface area contributed by atoms with E-state index in [1.165, 1.54) is 11.1 Å². The van der Waals surface area contributed by atoms with E-state index in [4.69, 9.17) is 4.43 Å². The highest BCUT2D eigenvalue weighted by Crippen LogP contribution is 2.66. The maximum absolute atomic E-state index is 15.7. The minimum Gasteiger partial charge on any atom is -0.416 e. The van der Waals surface area contributed by atoms with Crippen LogP contribution in [0.1, 0.15) is 38.3 Å². The molecule has 0 aromatic heterocycles. The molecule has 2 aliphatic carbocycles. The Morgan fingerprint density at radius 2 is 1.50 bits per heavy atom. The SMILES string of the molecule is CC(C)(C)[Si](C)(C)OC[C@@]12C[C@@H]1[C@@H](N(Cc1ccccc1)Cc1ccccc1)[C@H](F)[C@H]2O. The Balaban J connectivity index is 1.55. The second kappa shape index (κ2) is 8.67. The van der Waals surface area contributed by atoms with E-state index in [1.54, 1.807) is 0 Å². The van der Waals surface area contributed by atoms with Crippen molar-refractivity contribution in [2.45, 2.75) is 76.7 Å². The second-order valence-corrected chi connectivity index (χ2v) is 16.2. The van der Waals surface area contributed by atoms with Gasteiger partial charge in [-0.15, -0.1) is 0 Å². The average Bonchev–Trinajstić information content (AvgIpc) is 3.42. The minimum atomic E-state index is -1.96. The Bertz CT molecular complexity index is 859. The first-order valence-corrected chi connectivity index (χ1v) is 14.7. The van der Waals surface area contributed by atoms with Gasteiger partial charge in [0.1, 0.15) is 6.17 Å². The molecule has 0 saturated heterocycles. The van der Waals surface area contributed by atoms with Gasteiger partial charge in [0.2, 0.25) is 0 Å². The molecule has 2 fully saturated rings. The summed E-state index contributed by atoms with van der Waals surface area (Å²) < 4.78 is 22.2. The van der Waals surface area contributed by atoms with E-state index in [1.807, 2.05) is 36.4 Å². The van der Waals surface area contributed by atoms with E-state index >= 15 is 4.39 Å². The summed E-state index contributed by atoms with van der Waals surface area (Å²) in [6.45, 7) is 12.9. The van der Waals surface area contributed by atoms with Gasteiger partial charge in [0.15, 0.2) is 8.32 Å². The van der Waals surface area contributed by atoms with Gasteiger partial charge in [-0.3, -0.25) is 4.90 Å². The fraction of sp³-hybridized carbons (Fsp3) is 0.556. The van der Waals surface area contributed by atoms with Crippen molar-refractivity contribution in [3.63, 3.8) is 0 Å². The molecule has 0 bridgehead atoms. The summed E-state index contributed by atoms with van der Waals surface area (Å²) >= 11 is 0. The van der Waals surface area contributed by atoms with Crippen molar-refractivity contribution in [1.29, 1.82) is 0 Å². The lowest BCUT2D eigenvalue weighted by Gasteiger charge is -2.37. The molecule has 2 saturated carbocycles. The number of alkyl halides is 1. The van der Waals surface area contributed by atoms with Gasteiger partial charge in [0.25, 0.3) is 0 Å². The van der Waals surface area contributed by atoms with Crippen molar-refractivity contribution < 1.29 is 13.9 Å². The van der Waals surface area contributed by atoms with Gasteiger partial charge in [-0.25, -0.2) is 4.39 Å². The van der Waals surface area contributed by atoms with Crippen LogP contribution in [0.15, 0.2) is 60.7 Å². The first kappa shape index (κ1) is 23.6. The molecule has 0 amide bonds. The molecule has 0 spiro atoms.